The lowest BCUT2D eigenvalue weighted by Gasteiger charge is -2.12. The maximum absolute atomic E-state index is 5.58. The average Bonchev–Trinajstić information content (AvgIpc) is 2.39. The largest absolute Gasteiger partial charge is 0.329 e. The summed E-state index contributed by atoms with van der Waals surface area (Å²) in [4.78, 5) is 0. The number of nitrogens with one attached hydrogen (secondary N) is 1. The van der Waals surface area contributed by atoms with E-state index in [-0.39, 0.29) is 0 Å². The van der Waals surface area contributed by atoms with E-state index in [1.807, 2.05) is 0 Å². The minimum atomic E-state index is 0.393. The van der Waals surface area contributed by atoms with Gasteiger partial charge in [-0.3, -0.25) is 0 Å². The minimum absolute atomic E-state index is 0.393. The van der Waals surface area contributed by atoms with E-state index in [9.17, 15) is 0 Å². The van der Waals surface area contributed by atoms with Crippen LogP contribution in [0.1, 0.15) is 12.5 Å². The molecule has 0 aliphatic heterocycles. The van der Waals surface area contributed by atoms with Gasteiger partial charge >= 0.3 is 0 Å². The molecule has 0 aliphatic carbocycles. The molecule has 0 saturated heterocycles. The number of nitrogens with two attached hydrogens (primary N) is 1. The number of hydrogen-bond donors (Lipinski definition) is 2. The summed E-state index contributed by atoms with van der Waals surface area (Å²) in [7, 11) is 0. The smallest absolute Gasteiger partial charge is 0.0162 e. The summed E-state index contributed by atoms with van der Waals surface area (Å²) < 4.78 is 0. The Balaban J connectivity index is 2.08. The second-order valence-corrected chi connectivity index (χ2v) is 4.48. The van der Waals surface area contributed by atoms with Crippen molar-refractivity contribution in [2.45, 2.75) is 19.4 Å². The van der Waals surface area contributed by atoms with Crippen molar-refractivity contribution in [1.82, 2.24) is 5.32 Å². The van der Waals surface area contributed by atoms with Gasteiger partial charge in [-0.05, 0) is 36.2 Å². The van der Waals surface area contributed by atoms with Crippen molar-refractivity contribution in [2.24, 2.45) is 5.73 Å². The highest BCUT2D eigenvalue weighted by Gasteiger charge is 2.01. The maximum atomic E-state index is 5.58. The normalized spacial score (nSPS) is 12.8. The SMILES string of the molecule is C[C@@H](CN)NCCc1cccc2ccccc12. The van der Waals surface area contributed by atoms with E-state index in [2.05, 4.69) is 54.7 Å². The van der Waals surface area contributed by atoms with Gasteiger partial charge < -0.3 is 11.1 Å². The zero-order valence-electron chi connectivity index (χ0n) is 10.3. The molecule has 1 atom stereocenters. The molecular weight excluding hydrogens is 208 g/mol. The Hall–Kier alpha value is -1.38. The maximum Gasteiger partial charge on any atom is 0.0162 e. The summed E-state index contributed by atoms with van der Waals surface area (Å²) in [6, 6.07) is 15.4. The Labute approximate surface area is 103 Å². The fourth-order valence-corrected chi connectivity index (χ4v) is 2.05. The molecule has 0 unspecified atom stereocenters. The highest BCUT2D eigenvalue weighted by molar-refractivity contribution is 5.85. The third-order valence-corrected chi connectivity index (χ3v) is 3.12. The second-order valence-electron chi connectivity index (χ2n) is 4.48. The molecule has 90 valence electrons. The van der Waals surface area contributed by atoms with Crippen LogP contribution in [-0.4, -0.2) is 19.1 Å². The van der Waals surface area contributed by atoms with E-state index in [0.29, 0.717) is 12.6 Å². The van der Waals surface area contributed by atoms with Crippen molar-refractivity contribution >= 4 is 10.8 Å². The Morgan fingerprint density at radius 3 is 2.71 bits per heavy atom. The van der Waals surface area contributed by atoms with Gasteiger partial charge in [0.25, 0.3) is 0 Å². The lowest BCUT2D eigenvalue weighted by Crippen LogP contribution is -2.34. The van der Waals surface area contributed by atoms with E-state index in [1.54, 1.807) is 0 Å². The zero-order chi connectivity index (χ0) is 12.1. The quantitative estimate of drug-likeness (QED) is 0.824. The van der Waals surface area contributed by atoms with Crippen molar-refractivity contribution < 1.29 is 0 Å². The molecule has 2 heteroatoms. The van der Waals surface area contributed by atoms with Crippen molar-refractivity contribution in [3.8, 4) is 0 Å². The van der Waals surface area contributed by atoms with Gasteiger partial charge in [0.05, 0.1) is 0 Å². The fourth-order valence-electron chi connectivity index (χ4n) is 2.05. The molecule has 3 N–H and O–H groups in total. The summed E-state index contributed by atoms with van der Waals surface area (Å²) in [5.74, 6) is 0. The van der Waals surface area contributed by atoms with Gasteiger partial charge in [0.15, 0.2) is 0 Å². The lowest BCUT2D eigenvalue weighted by molar-refractivity contribution is 0.559. The first kappa shape index (κ1) is 12.1. The van der Waals surface area contributed by atoms with Crippen LogP contribution in [0.2, 0.25) is 0 Å². The summed E-state index contributed by atoms with van der Waals surface area (Å²) in [6.45, 7) is 3.78. The molecule has 0 bridgehead atoms. The van der Waals surface area contributed by atoms with Gasteiger partial charge in [-0.1, -0.05) is 42.5 Å². The second kappa shape index (κ2) is 5.80. The third-order valence-electron chi connectivity index (χ3n) is 3.12. The van der Waals surface area contributed by atoms with Crippen molar-refractivity contribution in [2.75, 3.05) is 13.1 Å². The Morgan fingerprint density at radius 1 is 1.12 bits per heavy atom. The number of hydrogen-bond acceptors (Lipinski definition) is 2. The highest BCUT2D eigenvalue weighted by Crippen LogP contribution is 2.18. The van der Waals surface area contributed by atoms with Gasteiger partial charge in [0.1, 0.15) is 0 Å². The number of fused-ring (bicyclic) bond motifs is 1. The van der Waals surface area contributed by atoms with E-state index < -0.39 is 0 Å². The summed E-state index contributed by atoms with van der Waals surface area (Å²) in [5, 5.41) is 6.10. The zero-order valence-corrected chi connectivity index (χ0v) is 10.3. The summed E-state index contributed by atoms with van der Waals surface area (Å²) in [5.41, 5.74) is 6.98. The predicted molar refractivity (Wildman–Crippen MR) is 74.2 cm³/mol. The summed E-state index contributed by atoms with van der Waals surface area (Å²) in [6.07, 6.45) is 1.05. The molecule has 0 amide bonds. The van der Waals surface area contributed by atoms with Crippen LogP contribution >= 0.6 is 0 Å². The molecule has 17 heavy (non-hydrogen) atoms. The molecule has 2 nitrogen and oxygen atoms in total. The Bertz CT molecular complexity index is 474. The topological polar surface area (TPSA) is 38.0 Å². The van der Waals surface area contributed by atoms with Crippen LogP contribution in [0.15, 0.2) is 42.5 Å². The van der Waals surface area contributed by atoms with E-state index >= 15 is 0 Å². The predicted octanol–water partition coefficient (Wildman–Crippen LogP) is 2.32. The number of rotatable bonds is 5. The van der Waals surface area contributed by atoms with Crippen LogP contribution in [-0.2, 0) is 6.42 Å². The first-order chi connectivity index (χ1) is 8.31. The molecule has 2 aromatic rings. The standard InChI is InChI=1S/C15H20N2/c1-12(11-16)17-10-9-14-7-4-6-13-5-2-3-8-15(13)14/h2-8,12,17H,9-11,16H2,1H3/t12-/m0/s1. The fraction of sp³-hybridized carbons (Fsp3) is 0.333. The molecule has 0 aliphatic rings. The van der Waals surface area contributed by atoms with E-state index in [4.69, 9.17) is 5.73 Å². The molecule has 2 aromatic carbocycles. The van der Waals surface area contributed by atoms with Gasteiger partial charge in [0, 0.05) is 12.6 Å². The minimum Gasteiger partial charge on any atom is -0.329 e. The molecule has 0 spiro atoms. The van der Waals surface area contributed by atoms with Crippen LogP contribution in [0.3, 0.4) is 0 Å². The lowest BCUT2D eigenvalue weighted by atomic mass is 10.0. The molecule has 0 aromatic heterocycles. The van der Waals surface area contributed by atoms with E-state index in [1.165, 1.54) is 16.3 Å². The highest BCUT2D eigenvalue weighted by atomic mass is 14.9. The van der Waals surface area contributed by atoms with Gasteiger partial charge in [0.2, 0.25) is 0 Å². The summed E-state index contributed by atoms with van der Waals surface area (Å²) >= 11 is 0. The average molecular weight is 228 g/mol. The van der Waals surface area contributed by atoms with Gasteiger partial charge in [-0.25, -0.2) is 0 Å². The third kappa shape index (κ3) is 3.05. The van der Waals surface area contributed by atoms with Gasteiger partial charge in [-0.2, -0.15) is 0 Å². The van der Waals surface area contributed by atoms with Crippen molar-refractivity contribution in [1.29, 1.82) is 0 Å². The molecule has 0 saturated carbocycles. The van der Waals surface area contributed by atoms with Crippen LogP contribution < -0.4 is 11.1 Å². The first-order valence-corrected chi connectivity index (χ1v) is 6.21. The molecule has 2 rings (SSSR count). The Kier molecular flexibility index (Phi) is 4.13. The van der Waals surface area contributed by atoms with Gasteiger partial charge in [-0.15, -0.1) is 0 Å². The van der Waals surface area contributed by atoms with Crippen LogP contribution in [0.25, 0.3) is 10.8 Å². The molecule has 0 heterocycles. The Morgan fingerprint density at radius 2 is 1.88 bits per heavy atom. The van der Waals surface area contributed by atoms with E-state index in [0.717, 1.165) is 13.0 Å². The van der Waals surface area contributed by atoms with Crippen molar-refractivity contribution in [3.63, 3.8) is 0 Å². The van der Waals surface area contributed by atoms with Crippen LogP contribution in [0.4, 0.5) is 0 Å². The molecule has 0 radical (unpaired) electrons. The van der Waals surface area contributed by atoms with Crippen LogP contribution in [0.5, 0.6) is 0 Å². The van der Waals surface area contributed by atoms with Crippen molar-refractivity contribution in [3.05, 3.63) is 48.0 Å². The monoisotopic (exact) mass is 228 g/mol. The number of benzene rings is 2. The molecule has 0 fully saturated rings. The van der Waals surface area contributed by atoms with Crippen LogP contribution in [0, 0.1) is 0 Å². The molecular formula is C15H20N2. The first-order valence-electron chi connectivity index (χ1n) is 6.21.